The van der Waals surface area contributed by atoms with Crippen molar-refractivity contribution in [2.75, 3.05) is 20.1 Å². The van der Waals surface area contributed by atoms with E-state index in [0.717, 1.165) is 4.87 Å². The third-order valence-corrected chi connectivity index (χ3v) is 2.84. The number of hydrogen-bond donors (Lipinski definition) is 1. The largest absolute Gasteiger partial charge is 0.352 e. The summed E-state index contributed by atoms with van der Waals surface area (Å²) < 4.78 is 0. The van der Waals surface area contributed by atoms with Crippen molar-refractivity contribution >= 4 is 5.91 Å². The van der Waals surface area contributed by atoms with E-state index in [-0.39, 0.29) is 24.4 Å². The van der Waals surface area contributed by atoms with Gasteiger partial charge in [0.05, 0.1) is 12.0 Å². The molecule has 0 aromatic heterocycles. The van der Waals surface area contributed by atoms with Crippen LogP contribution in [-0.4, -0.2) is 42.0 Å². The van der Waals surface area contributed by atoms with Crippen LogP contribution in [0.5, 0.6) is 0 Å². The van der Waals surface area contributed by atoms with Gasteiger partial charge in [0.1, 0.15) is 16.8 Å². The molecule has 15 heavy (non-hydrogen) atoms. The number of hydrazine groups is 1. The topological polar surface area (TPSA) is 52.4 Å². The summed E-state index contributed by atoms with van der Waals surface area (Å²) in [6.07, 6.45) is 3.75. The van der Waals surface area contributed by atoms with Crippen LogP contribution in [0.4, 0.5) is 0 Å². The van der Waals surface area contributed by atoms with Gasteiger partial charge in [-0.25, -0.2) is 0 Å². The first-order valence-corrected chi connectivity index (χ1v) is 5.14. The SMILES string of the molecule is C/C=C/CNC(=O)C1C[N+](=O)N(C)C1C. The molecule has 2 atom stereocenters. The lowest BCUT2D eigenvalue weighted by Crippen LogP contribution is -2.38. The lowest BCUT2D eigenvalue weighted by molar-refractivity contribution is -0.684. The Morgan fingerprint density at radius 3 is 2.80 bits per heavy atom. The zero-order valence-corrected chi connectivity index (χ0v) is 9.43. The van der Waals surface area contributed by atoms with Crippen LogP contribution in [-0.2, 0) is 4.79 Å². The highest BCUT2D eigenvalue weighted by atomic mass is 16.3. The third kappa shape index (κ3) is 2.55. The molecule has 0 saturated carbocycles. The summed E-state index contributed by atoms with van der Waals surface area (Å²) in [5.74, 6) is -0.288. The second-order valence-corrected chi connectivity index (χ2v) is 3.77. The molecule has 1 aliphatic rings. The Morgan fingerprint density at radius 1 is 1.67 bits per heavy atom. The molecule has 0 aromatic carbocycles. The van der Waals surface area contributed by atoms with Crippen molar-refractivity contribution in [1.82, 2.24) is 10.3 Å². The molecule has 84 valence electrons. The maximum Gasteiger partial charge on any atom is 0.239 e. The van der Waals surface area contributed by atoms with Crippen molar-refractivity contribution in [3.05, 3.63) is 17.1 Å². The van der Waals surface area contributed by atoms with Crippen molar-refractivity contribution in [2.24, 2.45) is 5.92 Å². The molecule has 1 aliphatic heterocycles. The van der Waals surface area contributed by atoms with Gasteiger partial charge in [-0.15, -0.1) is 5.01 Å². The Bertz CT molecular complexity index is 288. The first kappa shape index (κ1) is 11.7. The van der Waals surface area contributed by atoms with Crippen LogP contribution in [0.3, 0.4) is 0 Å². The van der Waals surface area contributed by atoms with Gasteiger partial charge >= 0.3 is 0 Å². The molecule has 5 heteroatoms. The highest BCUT2D eigenvalue weighted by Gasteiger charge is 2.45. The van der Waals surface area contributed by atoms with Crippen LogP contribution in [0.2, 0.25) is 0 Å². The average Bonchev–Trinajstić information content (AvgIpc) is 2.46. The molecule has 1 heterocycles. The predicted molar refractivity (Wildman–Crippen MR) is 57.0 cm³/mol. The van der Waals surface area contributed by atoms with Crippen LogP contribution in [0.1, 0.15) is 13.8 Å². The fourth-order valence-corrected chi connectivity index (χ4v) is 1.62. The summed E-state index contributed by atoms with van der Waals surface area (Å²) in [4.78, 5) is 23.8. The minimum atomic E-state index is -0.238. The van der Waals surface area contributed by atoms with Crippen LogP contribution in [0, 0.1) is 10.8 Å². The van der Waals surface area contributed by atoms with Crippen molar-refractivity contribution in [2.45, 2.75) is 19.9 Å². The number of carbonyl (C=O) groups is 1. The summed E-state index contributed by atoms with van der Waals surface area (Å²) in [6, 6.07) is -0.0342. The minimum absolute atomic E-state index is 0.0342. The summed E-state index contributed by atoms with van der Waals surface area (Å²) in [7, 11) is 1.71. The van der Waals surface area contributed by atoms with Crippen LogP contribution in [0.15, 0.2) is 12.2 Å². The van der Waals surface area contributed by atoms with E-state index in [1.807, 2.05) is 26.0 Å². The second kappa shape index (κ2) is 4.91. The van der Waals surface area contributed by atoms with Gasteiger partial charge in [0.25, 0.3) is 0 Å². The molecule has 0 aromatic rings. The van der Waals surface area contributed by atoms with Gasteiger partial charge in [0.15, 0.2) is 0 Å². The molecule has 0 aliphatic carbocycles. The van der Waals surface area contributed by atoms with Gasteiger partial charge < -0.3 is 5.32 Å². The number of nitroso groups, excluding NO2 is 1. The van der Waals surface area contributed by atoms with Crippen LogP contribution in [0.25, 0.3) is 0 Å². The van der Waals surface area contributed by atoms with Crippen molar-refractivity contribution in [3.63, 3.8) is 0 Å². The zero-order valence-electron chi connectivity index (χ0n) is 9.43. The van der Waals surface area contributed by atoms with E-state index < -0.39 is 0 Å². The van der Waals surface area contributed by atoms with E-state index in [1.165, 1.54) is 0 Å². The predicted octanol–water partition coefficient (Wildman–Crippen LogP) is 0.323. The Hall–Kier alpha value is -1.39. The molecule has 2 unspecified atom stereocenters. The number of hydrogen-bond acceptors (Lipinski definition) is 2. The Morgan fingerprint density at radius 2 is 2.33 bits per heavy atom. The molecule has 0 bridgehead atoms. The van der Waals surface area contributed by atoms with Gasteiger partial charge in [-0.05, 0) is 13.8 Å². The standard InChI is InChI=1S/C10H17N3O2/c1-4-5-6-11-10(14)9-7-13(15)12(3)8(9)2/h4-5,8-9H,6-7H2,1-3H3/p+1/b5-4+. The first-order valence-electron chi connectivity index (χ1n) is 5.14. The summed E-state index contributed by atoms with van der Waals surface area (Å²) in [5, 5.41) is 4.33. The molecule has 5 nitrogen and oxygen atoms in total. The molecule has 0 radical (unpaired) electrons. The van der Waals surface area contributed by atoms with E-state index in [1.54, 1.807) is 12.1 Å². The highest BCUT2D eigenvalue weighted by Crippen LogP contribution is 2.18. The Kier molecular flexibility index (Phi) is 3.82. The summed E-state index contributed by atoms with van der Waals surface area (Å²) in [6.45, 7) is 4.57. The summed E-state index contributed by atoms with van der Waals surface area (Å²) >= 11 is 0. The molecule has 1 rings (SSSR count). The molecule has 1 N–H and O–H groups in total. The molecule has 1 amide bonds. The molecule has 1 fully saturated rings. The van der Waals surface area contributed by atoms with E-state index in [2.05, 4.69) is 5.32 Å². The minimum Gasteiger partial charge on any atom is -0.352 e. The van der Waals surface area contributed by atoms with E-state index in [9.17, 15) is 9.70 Å². The van der Waals surface area contributed by atoms with Gasteiger partial charge in [0, 0.05) is 6.54 Å². The molecule has 0 spiro atoms. The molecular weight excluding hydrogens is 194 g/mol. The van der Waals surface area contributed by atoms with E-state index in [4.69, 9.17) is 0 Å². The van der Waals surface area contributed by atoms with Crippen molar-refractivity contribution < 1.29 is 9.66 Å². The Balaban J connectivity index is 2.50. The highest BCUT2D eigenvalue weighted by molar-refractivity contribution is 5.79. The van der Waals surface area contributed by atoms with Gasteiger partial charge in [-0.2, -0.15) is 0 Å². The van der Waals surface area contributed by atoms with Crippen molar-refractivity contribution in [3.8, 4) is 0 Å². The van der Waals surface area contributed by atoms with Crippen LogP contribution >= 0.6 is 0 Å². The van der Waals surface area contributed by atoms with E-state index >= 15 is 0 Å². The van der Waals surface area contributed by atoms with E-state index in [0.29, 0.717) is 6.54 Å². The maximum absolute atomic E-state index is 11.7. The number of rotatable bonds is 3. The number of amides is 1. The molecular formula is C10H18N3O2+. The number of nitrogens with zero attached hydrogens (tertiary/aromatic N) is 2. The lowest BCUT2D eigenvalue weighted by Gasteiger charge is -2.12. The fraction of sp³-hybridized carbons (Fsp3) is 0.700. The fourth-order valence-electron chi connectivity index (χ4n) is 1.62. The number of carbonyl (C=O) groups excluding carboxylic acids is 1. The average molecular weight is 212 g/mol. The third-order valence-electron chi connectivity index (χ3n) is 2.84. The smallest absolute Gasteiger partial charge is 0.239 e. The normalized spacial score (nSPS) is 26.3. The zero-order chi connectivity index (χ0) is 11.4. The number of allylic oxidation sites excluding steroid dienone is 1. The van der Waals surface area contributed by atoms with Gasteiger partial charge in [0.2, 0.25) is 12.5 Å². The monoisotopic (exact) mass is 212 g/mol. The lowest BCUT2D eigenvalue weighted by atomic mass is 10.0. The second-order valence-electron chi connectivity index (χ2n) is 3.77. The van der Waals surface area contributed by atoms with Gasteiger partial charge in [-0.1, -0.05) is 12.2 Å². The maximum atomic E-state index is 11.7. The van der Waals surface area contributed by atoms with Gasteiger partial charge in [-0.3, -0.25) is 4.79 Å². The molecule has 1 saturated heterocycles. The number of nitrogens with one attached hydrogen (secondary N) is 1. The Labute approximate surface area is 89.7 Å². The quantitative estimate of drug-likeness (QED) is 0.541. The van der Waals surface area contributed by atoms with Crippen LogP contribution < -0.4 is 5.32 Å². The van der Waals surface area contributed by atoms with Crippen molar-refractivity contribution in [1.29, 1.82) is 0 Å². The summed E-state index contributed by atoms with van der Waals surface area (Å²) in [5.41, 5.74) is 0. The first-order chi connectivity index (χ1) is 7.07.